The largest absolute Gasteiger partial charge is 0.490 e. The van der Waals surface area contributed by atoms with Crippen LogP contribution in [0.5, 0.6) is 5.75 Å². The second kappa shape index (κ2) is 7.33. The van der Waals surface area contributed by atoms with Crippen molar-refractivity contribution in [2.45, 2.75) is 37.8 Å². The number of rotatable bonds is 5. The van der Waals surface area contributed by atoms with Gasteiger partial charge in [-0.05, 0) is 31.0 Å². The lowest BCUT2D eigenvalue weighted by Gasteiger charge is -2.32. The maximum atomic E-state index is 12.7. The minimum Gasteiger partial charge on any atom is -0.490 e. The molecule has 132 valence electrons. The molecule has 1 aliphatic rings. The van der Waals surface area contributed by atoms with Crippen LogP contribution in [0.4, 0.5) is 5.69 Å². The Morgan fingerprint density at radius 2 is 2.16 bits per heavy atom. The molecule has 25 heavy (non-hydrogen) atoms. The van der Waals surface area contributed by atoms with Crippen LogP contribution < -0.4 is 10.1 Å². The van der Waals surface area contributed by atoms with Gasteiger partial charge in [-0.3, -0.25) is 19.6 Å². The highest BCUT2D eigenvalue weighted by Gasteiger charge is 2.31. The predicted octanol–water partition coefficient (Wildman–Crippen LogP) is 2.71. The van der Waals surface area contributed by atoms with Gasteiger partial charge in [-0.2, -0.15) is 5.10 Å². The Kier molecular flexibility index (Phi) is 4.97. The maximum Gasteiger partial charge on any atom is 0.323 e. The highest BCUT2D eigenvalue weighted by molar-refractivity contribution is 5.99. The Hall–Kier alpha value is -2.90. The lowest BCUT2D eigenvalue weighted by Crippen LogP contribution is -2.43. The third-order valence-electron chi connectivity index (χ3n) is 4.56. The number of aromatic nitrogens is 2. The van der Waals surface area contributed by atoms with Gasteiger partial charge >= 0.3 is 5.69 Å². The van der Waals surface area contributed by atoms with E-state index in [4.69, 9.17) is 4.74 Å². The van der Waals surface area contributed by atoms with Crippen LogP contribution in [-0.2, 0) is 0 Å². The summed E-state index contributed by atoms with van der Waals surface area (Å²) in [6.07, 6.45) is 7.38. The van der Waals surface area contributed by atoms with Crippen LogP contribution in [0.3, 0.4) is 0 Å². The number of ether oxygens (including phenoxy) is 1. The molecule has 1 fully saturated rings. The van der Waals surface area contributed by atoms with Crippen molar-refractivity contribution in [2.24, 2.45) is 0 Å². The molecule has 1 amide bonds. The van der Waals surface area contributed by atoms with Gasteiger partial charge < -0.3 is 10.1 Å². The first-order chi connectivity index (χ1) is 12.1. The van der Waals surface area contributed by atoms with Crippen molar-refractivity contribution in [2.75, 3.05) is 7.11 Å². The summed E-state index contributed by atoms with van der Waals surface area (Å²) in [5.74, 6) is -0.389. The molecular formula is C17H20N4O4. The maximum absolute atomic E-state index is 12.7. The molecule has 1 N–H and O–H groups in total. The van der Waals surface area contributed by atoms with E-state index >= 15 is 0 Å². The Bertz CT molecular complexity index is 760. The van der Waals surface area contributed by atoms with E-state index in [1.165, 1.54) is 19.2 Å². The molecule has 0 aliphatic heterocycles. The number of hydrogen-bond acceptors (Lipinski definition) is 5. The zero-order valence-electron chi connectivity index (χ0n) is 13.9. The van der Waals surface area contributed by atoms with E-state index < -0.39 is 10.8 Å². The van der Waals surface area contributed by atoms with Crippen molar-refractivity contribution in [3.63, 3.8) is 0 Å². The molecule has 1 aromatic heterocycles. The minimum atomic E-state index is -0.584. The Balaban J connectivity index is 1.85. The monoisotopic (exact) mass is 344 g/mol. The fraction of sp³-hybridized carbons (Fsp3) is 0.412. The first-order valence-electron chi connectivity index (χ1n) is 8.23. The fourth-order valence-corrected chi connectivity index (χ4v) is 3.38. The number of benzene rings is 1. The standard InChI is InChI=1S/C17H20N4O4/c1-25-15-9-4-6-12(16(15)21(23)24)17(22)19-13-7-2-3-8-14(13)20-11-5-10-18-20/h4-6,9-11,13-14H,2-3,7-8H2,1H3,(H,19,22). The Labute approximate surface area is 144 Å². The molecule has 1 heterocycles. The minimum absolute atomic E-state index is 0.00846. The van der Waals surface area contributed by atoms with Gasteiger partial charge in [-0.1, -0.05) is 18.9 Å². The van der Waals surface area contributed by atoms with Gasteiger partial charge in [0.2, 0.25) is 0 Å². The van der Waals surface area contributed by atoms with Gasteiger partial charge in [0.05, 0.1) is 24.1 Å². The number of nitro benzene ring substituents is 1. The average Bonchev–Trinajstić information content (AvgIpc) is 3.15. The SMILES string of the molecule is COc1cccc(C(=O)NC2CCCCC2n2cccn2)c1[N+](=O)[O-]. The molecular weight excluding hydrogens is 324 g/mol. The summed E-state index contributed by atoms with van der Waals surface area (Å²) in [5.41, 5.74) is -0.303. The second-order valence-corrected chi connectivity index (χ2v) is 6.03. The summed E-state index contributed by atoms with van der Waals surface area (Å²) >= 11 is 0. The Morgan fingerprint density at radius 1 is 1.36 bits per heavy atom. The summed E-state index contributed by atoms with van der Waals surface area (Å²) in [6.45, 7) is 0. The van der Waals surface area contributed by atoms with E-state index in [-0.39, 0.29) is 29.1 Å². The first-order valence-corrected chi connectivity index (χ1v) is 8.23. The van der Waals surface area contributed by atoms with Crippen LogP contribution in [0, 0.1) is 10.1 Å². The summed E-state index contributed by atoms with van der Waals surface area (Å²) in [5, 5.41) is 18.6. The molecule has 3 rings (SSSR count). The lowest BCUT2D eigenvalue weighted by molar-refractivity contribution is -0.386. The number of nitrogens with zero attached hydrogens (tertiary/aromatic N) is 3. The fourth-order valence-electron chi connectivity index (χ4n) is 3.38. The summed E-state index contributed by atoms with van der Waals surface area (Å²) in [7, 11) is 1.35. The Morgan fingerprint density at radius 3 is 2.84 bits per heavy atom. The molecule has 0 spiro atoms. The van der Waals surface area contributed by atoms with Gasteiger partial charge in [0.25, 0.3) is 5.91 Å². The second-order valence-electron chi connectivity index (χ2n) is 6.03. The molecule has 0 radical (unpaired) electrons. The molecule has 2 aromatic rings. The third kappa shape index (κ3) is 3.47. The van der Waals surface area contributed by atoms with Crippen LogP contribution in [0.2, 0.25) is 0 Å². The molecule has 1 aromatic carbocycles. The normalized spacial score (nSPS) is 20.0. The number of amides is 1. The lowest BCUT2D eigenvalue weighted by atomic mass is 9.90. The van der Waals surface area contributed by atoms with Crippen molar-refractivity contribution in [1.29, 1.82) is 0 Å². The summed E-state index contributed by atoms with van der Waals surface area (Å²) < 4.78 is 6.88. The van der Waals surface area contributed by atoms with Crippen LogP contribution in [0.1, 0.15) is 42.1 Å². The molecule has 2 atom stereocenters. The number of hydrogen-bond donors (Lipinski definition) is 1. The van der Waals surface area contributed by atoms with Crippen molar-refractivity contribution in [3.8, 4) is 5.75 Å². The molecule has 1 aliphatic carbocycles. The molecule has 1 saturated carbocycles. The third-order valence-corrected chi connectivity index (χ3v) is 4.56. The number of carbonyl (C=O) groups excluding carboxylic acids is 1. The van der Waals surface area contributed by atoms with Crippen molar-refractivity contribution in [3.05, 3.63) is 52.3 Å². The van der Waals surface area contributed by atoms with E-state index in [1.807, 2.05) is 16.9 Å². The summed E-state index contributed by atoms with van der Waals surface area (Å²) in [4.78, 5) is 23.5. The van der Waals surface area contributed by atoms with E-state index in [9.17, 15) is 14.9 Å². The van der Waals surface area contributed by atoms with Gasteiger partial charge in [-0.15, -0.1) is 0 Å². The topological polar surface area (TPSA) is 99.3 Å². The van der Waals surface area contributed by atoms with E-state index in [0.717, 1.165) is 25.7 Å². The zero-order valence-corrected chi connectivity index (χ0v) is 13.9. The van der Waals surface area contributed by atoms with Gasteiger partial charge in [-0.25, -0.2) is 0 Å². The van der Waals surface area contributed by atoms with Crippen LogP contribution >= 0.6 is 0 Å². The molecule has 0 bridgehead atoms. The van der Waals surface area contributed by atoms with Crippen molar-refractivity contribution >= 4 is 11.6 Å². The van der Waals surface area contributed by atoms with E-state index in [0.29, 0.717) is 0 Å². The number of methoxy groups -OCH3 is 1. The summed E-state index contributed by atoms with van der Waals surface area (Å²) in [6, 6.07) is 6.28. The van der Waals surface area contributed by atoms with Gasteiger partial charge in [0.1, 0.15) is 5.56 Å². The number of nitro groups is 1. The van der Waals surface area contributed by atoms with Crippen LogP contribution in [-0.4, -0.2) is 33.8 Å². The van der Waals surface area contributed by atoms with Gasteiger partial charge in [0.15, 0.2) is 5.75 Å². The molecule has 0 saturated heterocycles. The number of para-hydroxylation sites is 1. The molecule has 8 nitrogen and oxygen atoms in total. The first kappa shape index (κ1) is 16.9. The predicted molar refractivity (Wildman–Crippen MR) is 90.6 cm³/mol. The highest BCUT2D eigenvalue weighted by atomic mass is 16.6. The van der Waals surface area contributed by atoms with Crippen molar-refractivity contribution < 1.29 is 14.5 Å². The van der Waals surface area contributed by atoms with Crippen LogP contribution in [0.25, 0.3) is 0 Å². The molecule has 8 heteroatoms. The smallest absolute Gasteiger partial charge is 0.323 e. The quantitative estimate of drug-likeness (QED) is 0.664. The highest BCUT2D eigenvalue weighted by Crippen LogP contribution is 2.32. The van der Waals surface area contributed by atoms with Crippen LogP contribution in [0.15, 0.2) is 36.7 Å². The van der Waals surface area contributed by atoms with Crippen molar-refractivity contribution in [1.82, 2.24) is 15.1 Å². The number of nitrogens with one attached hydrogen (secondary N) is 1. The average molecular weight is 344 g/mol. The van der Waals surface area contributed by atoms with Gasteiger partial charge in [0, 0.05) is 12.4 Å². The zero-order chi connectivity index (χ0) is 17.8. The molecule has 2 unspecified atom stereocenters. The van der Waals surface area contributed by atoms with E-state index in [2.05, 4.69) is 10.4 Å². The number of carbonyl (C=O) groups is 1. The van der Waals surface area contributed by atoms with E-state index in [1.54, 1.807) is 12.3 Å².